The molecule has 26 heavy (non-hydrogen) atoms. The third-order valence-electron chi connectivity index (χ3n) is 6.24. The molecule has 0 aromatic heterocycles. The van der Waals surface area contributed by atoms with E-state index in [1.807, 2.05) is 0 Å². The largest absolute Gasteiger partial charge is 0.0617 e. The second-order valence-electron chi connectivity index (χ2n) is 8.03. The third kappa shape index (κ3) is 3.21. The van der Waals surface area contributed by atoms with Gasteiger partial charge in [-0.05, 0) is 95.9 Å². The standard InChI is InChI=1S/C26H26/c1-3-19-7-11-23-17-26-14-10-22-6-2-5-21(16-22)9-13-25(23)18-24(26)12-8-20(4-1)15-19/h1-6,15-18H,7-14H2. The SMILES string of the molecule is c1cc2cc(c1)CCc1cc3c(cc1CCc1cccc(c1)CC3)CC2. The lowest BCUT2D eigenvalue weighted by molar-refractivity contribution is 0.872. The molecule has 0 amide bonds. The van der Waals surface area contributed by atoms with E-state index >= 15 is 0 Å². The van der Waals surface area contributed by atoms with Crippen molar-refractivity contribution in [3.63, 3.8) is 0 Å². The van der Waals surface area contributed by atoms with Crippen molar-refractivity contribution in [1.29, 1.82) is 0 Å². The highest BCUT2D eigenvalue weighted by molar-refractivity contribution is 5.42. The molecule has 130 valence electrons. The molecule has 0 N–H and O–H groups in total. The molecule has 0 heteroatoms. The van der Waals surface area contributed by atoms with Crippen LogP contribution >= 0.6 is 0 Å². The van der Waals surface area contributed by atoms with E-state index in [9.17, 15) is 0 Å². The normalized spacial score (nSPS) is 16.0. The average molecular weight is 338 g/mol. The van der Waals surface area contributed by atoms with Crippen molar-refractivity contribution < 1.29 is 0 Å². The van der Waals surface area contributed by atoms with Crippen LogP contribution in [0.15, 0.2) is 60.7 Å². The number of fused-ring (bicyclic) bond motifs is 4. The Morgan fingerprint density at radius 1 is 0.346 bits per heavy atom. The van der Waals surface area contributed by atoms with Gasteiger partial charge in [-0.2, -0.15) is 0 Å². The first-order valence-electron chi connectivity index (χ1n) is 10.1. The zero-order valence-electron chi connectivity index (χ0n) is 15.4. The minimum absolute atomic E-state index is 1.16. The highest BCUT2D eigenvalue weighted by Gasteiger charge is 2.14. The molecule has 0 unspecified atom stereocenters. The van der Waals surface area contributed by atoms with Gasteiger partial charge in [0.25, 0.3) is 0 Å². The maximum absolute atomic E-state index is 2.56. The lowest BCUT2D eigenvalue weighted by Gasteiger charge is -2.16. The lowest BCUT2D eigenvalue weighted by atomic mass is 9.89. The monoisotopic (exact) mass is 338 g/mol. The fourth-order valence-corrected chi connectivity index (χ4v) is 4.72. The molecule has 4 aliphatic carbocycles. The molecular formula is C26H26. The zero-order chi connectivity index (χ0) is 17.3. The first-order chi connectivity index (χ1) is 12.8. The van der Waals surface area contributed by atoms with Gasteiger partial charge in [-0.15, -0.1) is 0 Å². The minimum atomic E-state index is 1.16. The Hall–Kier alpha value is -2.34. The van der Waals surface area contributed by atoms with Crippen molar-refractivity contribution in [2.24, 2.45) is 0 Å². The fourth-order valence-electron chi connectivity index (χ4n) is 4.72. The highest BCUT2D eigenvalue weighted by Crippen LogP contribution is 2.26. The van der Waals surface area contributed by atoms with Gasteiger partial charge in [0.15, 0.2) is 0 Å². The number of benzene rings is 3. The molecule has 4 aliphatic rings. The van der Waals surface area contributed by atoms with Crippen LogP contribution < -0.4 is 0 Å². The van der Waals surface area contributed by atoms with Crippen LogP contribution in [0, 0.1) is 0 Å². The molecular weight excluding hydrogens is 312 g/mol. The van der Waals surface area contributed by atoms with E-state index in [-0.39, 0.29) is 0 Å². The van der Waals surface area contributed by atoms with Crippen molar-refractivity contribution in [1.82, 2.24) is 0 Å². The van der Waals surface area contributed by atoms with Crippen LogP contribution in [0.3, 0.4) is 0 Å². The van der Waals surface area contributed by atoms with E-state index in [2.05, 4.69) is 60.7 Å². The van der Waals surface area contributed by atoms with Gasteiger partial charge in [0.05, 0.1) is 0 Å². The van der Waals surface area contributed by atoms with Gasteiger partial charge in [-0.3, -0.25) is 0 Å². The minimum Gasteiger partial charge on any atom is -0.0617 e. The Labute approximate surface area is 156 Å². The molecule has 7 rings (SSSR count). The van der Waals surface area contributed by atoms with E-state index in [0.29, 0.717) is 0 Å². The van der Waals surface area contributed by atoms with E-state index in [1.54, 1.807) is 22.3 Å². The summed E-state index contributed by atoms with van der Waals surface area (Å²) in [5.41, 5.74) is 12.3. The lowest BCUT2D eigenvalue weighted by Crippen LogP contribution is -2.05. The first kappa shape index (κ1) is 15.9. The van der Waals surface area contributed by atoms with E-state index in [4.69, 9.17) is 0 Å². The Bertz CT molecular complexity index is 804. The summed E-state index contributed by atoms with van der Waals surface area (Å²) in [6, 6.07) is 23.7. The zero-order valence-corrected chi connectivity index (χ0v) is 15.4. The predicted molar refractivity (Wildman–Crippen MR) is 109 cm³/mol. The van der Waals surface area contributed by atoms with Gasteiger partial charge in [-0.25, -0.2) is 0 Å². The summed E-state index contributed by atoms with van der Waals surface area (Å²) in [6.45, 7) is 0. The molecule has 3 aromatic carbocycles. The summed E-state index contributed by atoms with van der Waals surface area (Å²) >= 11 is 0. The van der Waals surface area contributed by atoms with Crippen LogP contribution in [0.2, 0.25) is 0 Å². The predicted octanol–water partition coefficient (Wildman–Crippen LogP) is 5.45. The number of hydrogen-bond acceptors (Lipinski definition) is 0. The quantitative estimate of drug-likeness (QED) is 0.511. The molecule has 0 saturated carbocycles. The van der Waals surface area contributed by atoms with Crippen molar-refractivity contribution in [2.45, 2.75) is 51.4 Å². The van der Waals surface area contributed by atoms with E-state index < -0.39 is 0 Å². The van der Waals surface area contributed by atoms with Crippen molar-refractivity contribution in [3.8, 4) is 0 Å². The summed E-state index contributed by atoms with van der Waals surface area (Å²) in [7, 11) is 0. The third-order valence-corrected chi connectivity index (χ3v) is 6.24. The number of rotatable bonds is 0. The summed E-state index contributed by atoms with van der Waals surface area (Å²) in [5.74, 6) is 0. The maximum Gasteiger partial charge on any atom is -0.0235 e. The van der Waals surface area contributed by atoms with Crippen LogP contribution in [0.25, 0.3) is 0 Å². The van der Waals surface area contributed by atoms with E-state index in [0.717, 1.165) is 25.7 Å². The second-order valence-corrected chi connectivity index (χ2v) is 8.03. The molecule has 0 atom stereocenters. The van der Waals surface area contributed by atoms with Gasteiger partial charge in [0.1, 0.15) is 0 Å². The maximum atomic E-state index is 2.56. The molecule has 8 bridgehead atoms. The summed E-state index contributed by atoms with van der Waals surface area (Å²) in [6.07, 6.45) is 9.32. The summed E-state index contributed by atoms with van der Waals surface area (Å²) < 4.78 is 0. The Morgan fingerprint density at radius 2 is 0.654 bits per heavy atom. The molecule has 0 spiro atoms. The molecule has 0 radical (unpaired) electrons. The van der Waals surface area contributed by atoms with Crippen molar-refractivity contribution in [2.75, 3.05) is 0 Å². The number of hydrogen-bond donors (Lipinski definition) is 0. The second kappa shape index (κ2) is 6.76. The van der Waals surface area contributed by atoms with E-state index in [1.165, 1.54) is 47.9 Å². The van der Waals surface area contributed by atoms with Crippen LogP contribution in [0.5, 0.6) is 0 Å². The fraction of sp³-hybridized carbons (Fsp3) is 0.308. The number of aryl methyl sites for hydroxylation is 8. The molecule has 3 aromatic rings. The van der Waals surface area contributed by atoms with Crippen LogP contribution in [-0.2, 0) is 51.4 Å². The molecule has 0 nitrogen and oxygen atoms in total. The topological polar surface area (TPSA) is 0 Å². The average Bonchev–Trinajstić information content (AvgIpc) is 2.73. The van der Waals surface area contributed by atoms with Gasteiger partial charge in [0.2, 0.25) is 0 Å². The first-order valence-corrected chi connectivity index (χ1v) is 10.1. The van der Waals surface area contributed by atoms with Gasteiger partial charge < -0.3 is 0 Å². The Kier molecular flexibility index (Phi) is 4.13. The van der Waals surface area contributed by atoms with Gasteiger partial charge in [0, 0.05) is 0 Å². The van der Waals surface area contributed by atoms with Crippen LogP contribution in [0.4, 0.5) is 0 Å². The van der Waals surface area contributed by atoms with Crippen LogP contribution in [0.1, 0.15) is 44.5 Å². The van der Waals surface area contributed by atoms with Crippen molar-refractivity contribution in [3.05, 3.63) is 105 Å². The molecule has 0 fully saturated rings. The molecule has 0 heterocycles. The Morgan fingerprint density at radius 3 is 0.962 bits per heavy atom. The summed E-state index contributed by atoms with van der Waals surface area (Å²) in [4.78, 5) is 0. The van der Waals surface area contributed by atoms with Gasteiger partial charge >= 0.3 is 0 Å². The molecule has 0 aliphatic heterocycles. The van der Waals surface area contributed by atoms with Gasteiger partial charge in [-0.1, -0.05) is 60.7 Å². The smallest absolute Gasteiger partial charge is 0.0235 e. The molecule has 0 saturated heterocycles. The Balaban J connectivity index is 1.59. The van der Waals surface area contributed by atoms with Crippen LogP contribution in [-0.4, -0.2) is 0 Å². The summed E-state index contributed by atoms with van der Waals surface area (Å²) in [5, 5.41) is 0. The van der Waals surface area contributed by atoms with Crippen molar-refractivity contribution >= 4 is 0 Å². The highest BCUT2D eigenvalue weighted by atomic mass is 14.2.